The van der Waals surface area contributed by atoms with Gasteiger partial charge < -0.3 is 24.3 Å². The molecule has 1 N–H and O–H groups in total. The third-order valence-electron chi connectivity index (χ3n) is 2.67. The number of hydrogen-bond donors (Lipinski definition) is 1. The molecule has 0 aliphatic rings. The maximum atomic E-state index is 11.7. The SMILES string of the molecule is COCCOCC(=O)Nc1cc(OC)c(OC)cc1C. The number of nitrogens with one attached hydrogen (secondary N) is 1. The predicted molar refractivity (Wildman–Crippen MR) is 75.6 cm³/mol. The lowest BCUT2D eigenvalue weighted by Gasteiger charge is -2.13. The molecule has 20 heavy (non-hydrogen) atoms. The molecule has 0 aromatic heterocycles. The van der Waals surface area contributed by atoms with E-state index in [-0.39, 0.29) is 12.5 Å². The highest BCUT2D eigenvalue weighted by Gasteiger charge is 2.11. The number of benzene rings is 1. The Morgan fingerprint density at radius 3 is 2.35 bits per heavy atom. The predicted octanol–water partition coefficient (Wildman–Crippen LogP) is 1.61. The van der Waals surface area contributed by atoms with Crippen LogP contribution in [0.1, 0.15) is 5.56 Å². The molecular formula is C14H21NO5. The molecule has 0 radical (unpaired) electrons. The van der Waals surface area contributed by atoms with Gasteiger partial charge in [0.15, 0.2) is 11.5 Å². The molecular weight excluding hydrogens is 262 g/mol. The Labute approximate surface area is 119 Å². The van der Waals surface area contributed by atoms with Crippen molar-refractivity contribution < 1.29 is 23.7 Å². The second-order valence-corrected chi connectivity index (χ2v) is 4.12. The van der Waals surface area contributed by atoms with E-state index in [9.17, 15) is 4.79 Å². The summed E-state index contributed by atoms with van der Waals surface area (Å²) in [6, 6.07) is 3.53. The zero-order valence-electron chi connectivity index (χ0n) is 12.3. The van der Waals surface area contributed by atoms with Crippen molar-refractivity contribution in [3.05, 3.63) is 17.7 Å². The van der Waals surface area contributed by atoms with Gasteiger partial charge in [-0.05, 0) is 18.6 Å². The van der Waals surface area contributed by atoms with E-state index in [2.05, 4.69) is 5.32 Å². The lowest BCUT2D eigenvalue weighted by Crippen LogP contribution is -2.20. The smallest absolute Gasteiger partial charge is 0.250 e. The molecule has 1 aromatic rings. The third-order valence-corrected chi connectivity index (χ3v) is 2.67. The summed E-state index contributed by atoms with van der Waals surface area (Å²) in [5.74, 6) is 0.962. The van der Waals surface area contributed by atoms with Crippen LogP contribution in [0.2, 0.25) is 0 Å². The van der Waals surface area contributed by atoms with Gasteiger partial charge in [-0.2, -0.15) is 0 Å². The van der Waals surface area contributed by atoms with E-state index < -0.39 is 0 Å². The maximum Gasteiger partial charge on any atom is 0.250 e. The average Bonchev–Trinajstić information content (AvgIpc) is 2.45. The molecule has 0 atom stereocenters. The number of carbonyl (C=O) groups is 1. The van der Waals surface area contributed by atoms with Crippen LogP contribution in [-0.2, 0) is 14.3 Å². The van der Waals surface area contributed by atoms with Crippen LogP contribution in [0, 0.1) is 6.92 Å². The first-order valence-corrected chi connectivity index (χ1v) is 6.21. The van der Waals surface area contributed by atoms with E-state index in [1.807, 2.05) is 6.92 Å². The summed E-state index contributed by atoms with van der Waals surface area (Å²) in [7, 11) is 4.70. The first kappa shape index (κ1) is 16.3. The van der Waals surface area contributed by atoms with Gasteiger partial charge in [-0.25, -0.2) is 0 Å². The number of amides is 1. The molecule has 0 heterocycles. The third kappa shape index (κ3) is 4.71. The molecule has 1 aromatic carbocycles. The van der Waals surface area contributed by atoms with Gasteiger partial charge in [-0.15, -0.1) is 0 Å². The summed E-state index contributed by atoms with van der Waals surface area (Å²) >= 11 is 0. The Hall–Kier alpha value is -1.79. The zero-order chi connectivity index (χ0) is 15.0. The van der Waals surface area contributed by atoms with Crippen LogP contribution in [0.3, 0.4) is 0 Å². The fraction of sp³-hybridized carbons (Fsp3) is 0.500. The van der Waals surface area contributed by atoms with E-state index in [1.54, 1.807) is 33.5 Å². The van der Waals surface area contributed by atoms with Crippen molar-refractivity contribution in [2.45, 2.75) is 6.92 Å². The van der Waals surface area contributed by atoms with Gasteiger partial charge in [0.05, 0.1) is 27.4 Å². The van der Waals surface area contributed by atoms with Crippen molar-refractivity contribution in [1.29, 1.82) is 0 Å². The zero-order valence-corrected chi connectivity index (χ0v) is 12.3. The normalized spacial score (nSPS) is 10.2. The van der Waals surface area contributed by atoms with E-state index in [1.165, 1.54) is 0 Å². The van der Waals surface area contributed by atoms with Gasteiger partial charge in [0, 0.05) is 18.9 Å². The van der Waals surface area contributed by atoms with Gasteiger partial charge >= 0.3 is 0 Å². The Bertz CT molecular complexity index is 447. The van der Waals surface area contributed by atoms with Crippen LogP contribution in [-0.4, -0.2) is 47.1 Å². The maximum absolute atomic E-state index is 11.7. The first-order chi connectivity index (χ1) is 9.62. The van der Waals surface area contributed by atoms with Crippen molar-refractivity contribution >= 4 is 11.6 Å². The molecule has 0 saturated heterocycles. The number of aryl methyl sites for hydroxylation is 1. The van der Waals surface area contributed by atoms with E-state index in [0.717, 1.165) is 5.56 Å². The van der Waals surface area contributed by atoms with E-state index in [0.29, 0.717) is 30.4 Å². The Kier molecular flexibility index (Phi) is 6.83. The topological polar surface area (TPSA) is 66.0 Å². The Morgan fingerprint density at radius 2 is 1.75 bits per heavy atom. The first-order valence-electron chi connectivity index (χ1n) is 6.21. The summed E-state index contributed by atoms with van der Waals surface area (Å²) < 4.78 is 20.4. The quantitative estimate of drug-likeness (QED) is 0.734. The lowest BCUT2D eigenvalue weighted by molar-refractivity contribution is -0.121. The molecule has 0 bridgehead atoms. The number of ether oxygens (including phenoxy) is 4. The molecule has 0 spiro atoms. The summed E-state index contributed by atoms with van der Waals surface area (Å²) in [6.45, 7) is 2.71. The van der Waals surface area contributed by atoms with E-state index in [4.69, 9.17) is 18.9 Å². The van der Waals surface area contributed by atoms with Crippen molar-refractivity contribution in [2.24, 2.45) is 0 Å². The van der Waals surface area contributed by atoms with Crippen LogP contribution in [0.15, 0.2) is 12.1 Å². The Morgan fingerprint density at radius 1 is 1.10 bits per heavy atom. The summed E-state index contributed by atoms with van der Waals surface area (Å²) in [6.07, 6.45) is 0. The molecule has 112 valence electrons. The summed E-state index contributed by atoms with van der Waals surface area (Å²) in [5, 5.41) is 2.77. The van der Waals surface area contributed by atoms with E-state index >= 15 is 0 Å². The van der Waals surface area contributed by atoms with Crippen LogP contribution in [0.4, 0.5) is 5.69 Å². The highest BCUT2D eigenvalue weighted by Crippen LogP contribution is 2.32. The largest absolute Gasteiger partial charge is 0.493 e. The van der Waals surface area contributed by atoms with Gasteiger partial charge in [0.25, 0.3) is 0 Å². The minimum Gasteiger partial charge on any atom is -0.493 e. The van der Waals surface area contributed by atoms with Gasteiger partial charge in [-0.3, -0.25) is 4.79 Å². The summed E-state index contributed by atoms with van der Waals surface area (Å²) in [5.41, 5.74) is 1.55. The molecule has 0 fully saturated rings. The van der Waals surface area contributed by atoms with Crippen LogP contribution >= 0.6 is 0 Å². The number of hydrogen-bond acceptors (Lipinski definition) is 5. The summed E-state index contributed by atoms with van der Waals surface area (Å²) in [4.78, 5) is 11.7. The highest BCUT2D eigenvalue weighted by molar-refractivity contribution is 5.92. The van der Waals surface area contributed by atoms with Crippen LogP contribution in [0.25, 0.3) is 0 Å². The molecule has 0 unspecified atom stereocenters. The van der Waals surface area contributed by atoms with Crippen molar-refractivity contribution in [1.82, 2.24) is 0 Å². The molecule has 0 saturated carbocycles. The molecule has 1 rings (SSSR count). The van der Waals surface area contributed by atoms with Gasteiger partial charge in [0.1, 0.15) is 6.61 Å². The minimum absolute atomic E-state index is 0.0167. The average molecular weight is 283 g/mol. The lowest BCUT2D eigenvalue weighted by atomic mass is 10.1. The molecule has 0 aliphatic heterocycles. The standard InChI is InChI=1S/C14H21NO5/c1-10-7-12(18-3)13(19-4)8-11(10)15-14(16)9-20-6-5-17-2/h7-8H,5-6,9H2,1-4H3,(H,15,16). The van der Waals surface area contributed by atoms with Crippen molar-refractivity contribution in [2.75, 3.05) is 46.5 Å². The highest BCUT2D eigenvalue weighted by atomic mass is 16.5. The number of methoxy groups -OCH3 is 3. The second kappa shape index (κ2) is 8.39. The van der Waals surface area contributed by atoms with Gasteiger partial charge in [0.2, 0.25) is 5.91 Å². The van der Waals surface area contributed by atoms with Gasteiger partial charge in [-0.1, -0.05) is 0 Å². The van der Waals surface area contributed by atoms with Crippen LogP contribution < -0.4 is 14.8 Å². The molecule has 6 heteroatoms. The van der Waals surface area contributed by atoms with Crippen LogP contribution in [0.5, 0.6) is 11.5 Å². The number of anilines is 1. The molecule has 1 amide bonds. The fourth-order valence-corrected chi connectivity index (χ4v) is 1.61. The molecule has 0 aliphatic carbocycles. The number of rotatable bonds is 8. The monoisotopic (exact) mass is 283 g/mol. The number of carbonyl (C=O) groups excluding carboxylic acids is 1. The van der Waals surface area contributed by atoms with Crippen molar-refractivity contribution in [3.8, 4) is 11.5 Å². The second-order valence-electron chi connectivity index (χ2n) is 4.12. The molecule has 6 nitrogen and oxygen atoms in total. The Balaban J connectivity index is 2.65. The fourth-order valence-electron chi connectivity index (χ4n) is 1.61. The van der Waals surface area contributed by atoms with Crippen molar-refractivity contribution in [3.63, 3.8) is 0 Å². The minimum atomic E-state index is -0.226.